The first-order valence-corrected chi connectivity index (χ1v) is 5.44. The third kappa shape index (κ3) is 5.12. The van der Waals surface area contributed by atoms with Crippen molar-refractivity contribution < 1.29 is 14.7 Å². The highest BCUT2D eigenvalue weighted by Crippen LogP contribution is 2.11. The van der Waals surface area contributed by atoms with E-state index in [1.807, 2.05) is 13.8 Å². The third-order valence-corrected chi connectivity index (χ3v) is 2.02. The summed E-state index contributed by atoms with van der Waals surface area (Å²) in [6.07, 6.45) is 4.07. The van der Waals surface area contributed by atoms with Gasteiger partial charge in [-0.2, -0.15) is 0 Å². The minimum Gasteiger partial charge on any atom is -0.478 e. The zero-order valence-electron chi connectivity index (χ0n) is 10.3. The molecule has 0 aromatic heterocycles. The van der Waals surface area contributed by atoms with E-state index in [2.05, 4.69) is 5.32 Å². The van der Waals surface area contributed by atoms with Gasteiger partial charge in [-0.15, -0.1) is 0 Å². The van der Waals surface area contributed by atoms with E-state index in [9.17, 15) is 9.59 Å². The Labute approximate surface area is 106 Å². The fraction of sp³-hybridized carbons (Fsp3) is 0.143. The lowest BCUT2D eigenvalue weighted by Gasteiger charge is -2.02. The van der Waals surface area contributed by atoms with Crippen LogP contribution in [0.4, 0.5) is 5.69 Å². The van der Waals surface area contributed by atoms with Crippen LogP contribution in [-0.2, 0) is 9.59 Å². The molecule has 0 saturated heterocycles. The van der Waals surface area contributed by atoms with Crippen LogP contribution in [0, 0.1) is 0 Å². The van der Waals surface area contributed by atoms with Crippen LogP contribution in [-0.4, -0.2) is 17.0 Å². The van der Waals surface area contributed by atoms with E-state index in [1.165, 1.54) is 12.2 Å². The normalized spacial score (nSPS) is 10.1. The fourth-order valence-corrected chi connectivity index (χ4v) is 1.29. The number of rotatable bonds is 4. The van der Waals surface area contributed by atoms with Crippen LogP contribution in [0.5, 0.6) is 0 Å². The van der Waals surface area contributed by atoms with Gasteiger partial charge in [-0.25, -0.2) is 4.79 Å². The summed E-state index contributed by atoms with van der Waals surface area (Å²) in [6, 6.07) is 6.91. The molecule has 0 saturated carbocycles. The molecule has 0 atom stereocenters. The number of carboxylic acid groups (broad SMARTS) is 1. The van der Waals surface area contributed by atoms with Gasteiger partial charge >= 0.3 is 5.97 Å². The molecule has 0 aliphatic heterocycles. The summed E-state index contributed by atoms with van der Waals surface area (Å²) in [5.74, 6) is -1.17. The van der Waals surface area contributed by atoms with E-state index in [-0.39, 0.29) is 5.91 Å². The molecule has 2 N–H and O–H groups in total. The van der Waals surface area contributed by atoms with Gasteiger partial charge < -0.3 is 10.4 Å². The molecule has 0 radical (unpaired) electrons. The highest BCUT2D eigenvalue weighted by molar-refractivity contribution is 5.99. The third-order valence-electron chi connectivity index (χ3n) is 2.02. The van der Waals surface area contributed by atoms with Gasteiger partial charge in [-0.05, 0) is 37.6 Å². The Balaban J connectivity index is 2.69. The van der Waals surface area contributed by atoms with Crippen LogP contribution < -0.4 is 5.32 Å². The Kier molecular flexibility index (Phi) is 4.87. The minimum atomic E-state index is -0.990. The molecule has 1 aromatic rings. The molecule has 0 aliphatic rings. The van der Waals surface area contributed by atoms with Crippen molar-refractivity contribution in [1.29, 1.82) is 0 Å². The van der Waals surface area contributed by atoms with Gasteiger partial charge in [0.05, 0.1) is 0 Å². The molecule has 1 aromatic carbocycles. The van der Waals surface area contributed by atoms with E-state index in [0.29, 0.717) is 5.69 Å². The quantitative estimate of drug-likeness (QED) is 0.801. The number of nitrogens with one attached hydrogen (secondary N) is 1. The topological polar surface area (TPSA) is 66.4 Å². The highest BCUT2D eigenvalue weighted by Gasteiger charge is 1.98. The summed E-state index contributed by atoms with van der Waals surface area (Å²) >= 11 is 0. The second-order valence-electron chi connectivity index (χ2n) is 4.00. The van der Waals surface area contributed by atoms with Crippen molar-refractivity contribution in [1.82, 2.24) is 0 Å². The SMILES string of the molecule is CC(C)=CC(=O)Nc1ccc(/C=C/C(=O)O)cc1. The largest absolute Gasteiger partial charge is 0.478 e. The Hall–Kier alpha value is -2.36. The number of anilines is 1. The lowest BCUT2D eigenvalue weighted by Crippen LogP contribution is -2.08. The number of hydrogen-bond donors (Lipinski definition) is 2. The second-order valence-corrected chi connectivity index (χ2v) is 4.00. The van der Waals surface area contributed by atoms with Crippen LogP contribution in [0.15, 0.2) is 42.0 Å². The molecule has 1 rings (SSSR count). The summed E-state index contributed by atoms with van der Waals surface area (Å²) in [6.45, 7) is 3.69. The van der Waals surface area contributed by atoms with E-state index >= 15 is 0 Å². The van der Waals surface area contributed by atoms with Gasteiger partial charge in [0.1, 0.15) is 0 Å². The molecule has 0 spiro atoms. The highest BCUT2D eigenvalue weighted by atomic mass is 16.4. The first-order chi connectivity index (χ1) is 8.47. The van der Waals surface area contributed by atoms with Gasteiger partial charge in [-0.1, -0.05) is 17.7 Å². The van der Waals surface area contributed by atoms with Crippen molar-refractivity contribution >= 4 is 23.6 Å². The smallest absolute Gasteiger partial charge is 0.328 e. The van der Waals surface area contributed by atoms with E-state index in [1.54, 1.807) is 24.3 Å². The van der Waals surface area contributed by atoms with Crippen molar-refractivity contribution in [3.05, 3.63) is 47.6 Å². The Morgan fingerprint density at radius 1 is 1.17 bits per heavy atom. The minimum absolute atomic E-state index is 0.177. The molecule has 4 heteroatoms. The maximum atomic E-state index is 11.4. The maximum Gasteiger partial charge on any atom is 0.328 e. The molecule has 1 amide bonds. The molecular formula is C14H15NO3. The molecule has 0 heterocycles. The van der Waals surface area contributed by atoms with Crippen LogP contribution in [0.1, 0.15) is 19.4 Å². The predicted molar refractivity (Wildman–Crippen MR) is 71.2 cm³/mol. The van der Waals surface area contributed by atoms with Crippen LogP contribution >= 0.6 is 0 Å². The van der Waals surface area contributed by atoms with Crippen LogP contribution in [0.2, 0.25) is 0 Å². The summed E-state index contributed by atoms with van der Waals surface area (Å²) in [5.41, 5.74) is 2.36. The number of aliphatic carboxylic acids is 1. The molecule has 0 aliphatic carbocycles. The maximum absolute atomic E-state index is 11.4. The molecule has 0 bridgehead atoms. The Morgan fingerprint density at radius 2 is 1.78 bits per heavy atom. The number of benzene rings is 1. The molecule has 4 nitrogen and oxygen atoms in total. The second kappa shape index (κ2) is 6.39. The molecule has 18 heavy (non-hydrogen) atoms. The number of carboxylic acids is 1. The molecule has 94 valence electrons. The molecule has 0 unspecified atom stereocenters. The molecular weight excluding hydrogens is 230 g/mol. The summed E-state index contributed by atoms with van der Waals surface area (Å²) in [7, 11) is 0. The van der Waals surface area contributed by atoms with Gasteiger partial charge in [0.25, 0.3) is 0 Å². The number of amides is 1. The lowest BCUT2D eigenvalue weighted by molar-refractivity contribution is -0.131. The van der Waals surface area contributed by atoms with Crippen molar-refractivity contribution in [2.45, 2.75) is 13.8 Å². The summed E-state index contributed by atoms with van der Waals surface area (Å²) in [5, 5.41) is 11.2. The first kappa shape index (κ1) is 13.7. The van der Waals surface area contributed by atoms with Gasteiger partial charge in [0, 0.05) is 17.8 Å². The van der Waals surface area contributed by atoms with E-state index < -0.39 is 5.97 Å². The van der Waals surface area contributed by atoms with Crippen LogP contribution in [0.25, 0.3) is 6.08 Å². The van der Waals surface area contributed by atoms with Crippen molar-refractivity contribution in [3.63, 3.8) is 0 Å². The number of carbonyl (C=O) groups is 2. The number of allylic oxidation sites excluding steroid dienone is 1. The van der Waals surface area contributed by atoms with Crippen LogP contribution in [0.3, 0.4) is 0 Å². The lowest BCUT2D eigenvalue weighted by atomic mass is 10.2. The number of carbonyl (C=O) groups excluding carboxylic acids is 1. The van der Waals surface area contributed by atoms with Crippen molar-refractivity contribution in [2.75, 3.05) is 5.32 Å². The van der Waals surface area contributed by atoms with Crippen molar-refractivity contribution in [3.8, 4) is 0 Å². The number of hydrogen-bond acceptors (Lipinski definition) is 2. The average molecular weight is 245 g/mol. The van der Waals surface area contributed by atoms with Crippen molar-refractivity contribution in [2.24, 2.45) is 0 Å². The Bertz CT molecular complexity index is 494. The summed E-state index contributed by atoms with van der Waals surface area (Å²) in [4.78, 5) is 21.8. The van der Waals surface area contributed by atoms with Gasteiger partial charge in [0.2, 0.25) is 5.91 Å². The van der Waals surface area contributed by atoms with E-state index in [4.69, 9.17) is 5.11 Å². The standard InChI is InChI=1S/C14H15NO3/c1-10(2)9-13(16)15-12-6-3-11(4-7-12)5-8-14(17)18/h3-9H,1-2H3,(H,15,16)(H,17,18)/b8-5+. The predicted octanol–water partition coefficient (Wildman–Crippen LogP) is 2.69. The zero-order chi connectivity index (χ0) is 13.5. The van der Waals surface area contributed by atoms with E-state index in [0.717, 1.165) is 17.2 Å². The first-order valence-electron chi connectivity index (χ1n) is 5.44. The van der Waals surface area contributed by atoms with Gasteiger partial charge in [0.15, 0.2) is 0 Å². The monoisotopic (exact) mass is 245 g/mol. The Morgan fingerprint density at radius 3 is 2.28 bits per heavy atom. The zero-order valence-corrected chi connectivity index (χ0v) is 10.3. The summed E-state index contributed by atoms with van der Waals surface area (Å²) < 4.78 is 0. The fourth-order valence-electron chi connectivity index (χ4n) is 1.29. The van der Waals surface area contributed by atoms with Gasteiger partial charge in [-0.3, -0.25) is 4.79 Å². The molecule has 0 fully saturated rings. The average Bonchev–Trinajstić information content (AvgIpc) is 2.26.